The second kappa shape index (κ2) is 10.6. The van der Waals surface area contributed by atoms with Gasteiger partial charge < -0.3 is 5.32 Å². The molecule has 0 spiro atoms. The average molecular weight is 311 g/mol. The lowest BCUT2D eigenvalue weighted by molar-refractivity contribution is 0.0952. The number of halogens is 1. The van der Waals surface area contributed by atoms with Gasteiger partial charge in [0.15, 0.2) is 0 Å². The first-order valence-electron chi connectivity index (χ1n) is 8.12. The first kappa shape index (κ1) is 18.0. The highest BCUT2D eigenvalue weighted by molar-refractivity contribution is 6.29. The Morgan fingerprint density at radius 3 is 2.52 bits per heavy atom. The van der Waals surface area contributed by atoms with Gasteiger partial charge in [-0.2, -0.15) is 0 Å². The number of unbranched alkanes of at least 4 members (excludes halogenated alkanes) is 5. The lowest BCUT2D eigenvalue weighted by Gasteiger charge is -2.07. The molecule has 0 fully saturated rings. The van der Waals surface area contributed by atoms with Crippen LogP contribution in [0.15, 0.2) is 12.1 Å². The van der Waals surface area contributed by atoms with Crippen LogP contribution in [0.1, 0.15) is 74.8 Å². The van der Waals surface area contributed by atoms with Crippen LogP contribution in [0.2, 0.25) is 5.15 Å². The van der Waals surface area contributed by atoms with Crippen molar-refractivity contribution in [2.24, 2.45) is 0 Å². The Bertz CT molecular complexity index is 435. The molecule has 0 aliphatic carbocycles. The van der Waals surface area contributed by atoms with Crippen LogP contribution in [0.4, 0.5) is 0 Å². The summed E-state index contributed by atoms with van der Waals surface area (Å²) < 4.78 is 0. The summed E-state index contributed by atoms with van der Waals surface area (Å²) >= 11 is 5.97. The number of pyridine rings is 1. The highest BCUT2D eigenvalue weighted by Gasteiger charge is 2.08. The second-order valence-electron chi connectivity index (χ2n) is 5.44. The van der Waals surface area contributed by atoms with Gasteiger partial charge in [0.1, 0.15) is 5.15 Å². The van der Waals surface area contributed by atoms with Crippen molar-refractivity contribution >= 4 is 17.5 Å². The zero-order valence-electron chi connectivity index (χ0n) is 13.3. The number of amides is 1. The lowest BCUT2D eigenvalue weighted by atomic mass is 10.1. The van der Waals surface area contributed by atoms with Crippen LogP contribution in [0, 0.1) is 0 Å². The third-order valence-electron chi connectivity index (χ3n) is 3.43. The summed E-state index contributed by atoms with van der Waals surface area (Å²) in [5.41, 5.74) is 1.50. The van der Waals surface area contributed by atoms with Crippen LogP contribution in [-0.4, -0.2) is 17.4 Å². The standard InChI is InChI=1S/C17H27ClN2O/c1-3-5-6-7-8-9-11-19-17(21)14-12-15(10-4-2)20-16(18)13-14/h12-13H,3-11H2,1-2H3,(H,19,21). The van der Waals surface area contributed by atoms with Crippen LogP contribution in [-0.2, 0) is 6.42 Å². The van der Waals surface area contributed by atoms with Gasteiger partial charge in [0.25, 0.3) is 5.91 Å². The van der Waals surface area contributed by atoms with E-state index >= 15 is 0 Å². The van der Waals surface area contributed by atoms with E-state index in [1.807, 2.05) is 6.07 Å². The summed E-state index contributed by atoms with van der Waals surface area (Å²) in [5.74, 6) is -0.0507. The summed E-state index contributed by atoms with van der Waals surface area (Å²) in [4.78, 5) is 16.3. The maximum absolute atomic E-state index is 12.1. The van der Waals surface area contributed by atoms with Crippen molar-refractivity contribution < 1.29 is 4.79 Å². The summed E-state index contributed by atoms with van der Waals surface area (Å²) in [6, 6.07) is 3.48. The van der Waals surface area contributed by atoms with Gasteiger partial charge in [0, 0.05) is 17.8 Å². The number of nitrogens with one attached hydrogen (secondary N) is 1. The van der Waals surface area contributed by atoms with Crippen LogP contribution in [0.25, 0.3) is 0 Å². The molecule has 4 heteroatoms. The maximum atomic E-state index is 12.1. The molecule has 0 saturated heterocycles. The Balaban J connectivity index is 2.34. The first-order chi connectivity index (χ1) is 10.2. The molecule has 1 amide bonds. The van der Waals surface area contributed by atoms with Crippen LogP contribution in [0.5, 0.6) is 0 Å². The summed E-state index contributed by atoms with van der Waals surface area (Å²) in [6.45, 7) is 5.03. The predicted octanol–water partition coefficient (Wildman–Crippen LogP) is 4.78. The quantitative estimate of drug-likeness (QED) is 0.499. The number of carbonyl (C=O) groups is 1. The number of aryl methyl sites for hydroxylation is 1. The molecule has 118 valence electrons. The van der Waals surface area contributed by atoms with Crippen LogP contribution >= 0.6 is 11.6 Å². The highest BCUT2D eigenvalue weighted by atomic mass is 35.5. The Hall–Kier alpha value is -1.09. The number of carbonyl (C=O) groups excluding carboxylic acids is 1. The monoisotopic (exact) mass is 310 g/mol. The van der Waals surface area contributed by atoms with E-state index in [9.17, 15) is 4.79 Å². The van der Waals surface area contributed by atoms with Crippen LogP contribution in [0.3, 0.4) is 0 Å². The average Bonchev–Trinajstić information content (AvgIpc) is 2.46. The Morgan fingerprint density at radius 1 is 1.10 bits per heavy atom. The number of nitrogens with zero attached hydrogens (tertiary/aromatic N) is 1. The molecule has 0 aliphatic rings. The predicted molar refractivity (Wildman–Crippen MR) is 89.0 cm³/mol. The minimum atomic E-state index is -0.0507. The van der Waals surface area contributed by atoms with Crippen molar-refractivity contribution in [3.63, 3.8) is 0 Å². The van der Waals surface area contributed by atoms with E-state index in [0.717, 1.165) is 31.5 Å². The molecule has 0 saturated carbocycles. The molecule has 21 heavy (non-hydrogen) atoms. The van der Waals surface area contributed by atoms with Gasteiger partial charge >= 0.3 is 0 Å². The third kappa shape index (κ3) is 7.47. The van der Waals surface area contributed by atoms with Crippen molar-refractivity contribution in [2.45, 2.75) is 65.2 Å². The van der Waals surface area contributed by atoms with Crippen molar-refractivity contribution in [1.29, 1.82) is 0 Å². The fourth-order valence-electron chi connectivity index (χ4n) is 2.28. The van der Waals surface area contributed by atoms with Gasteiger partial charge in [0.05, 0.1) is 0 Å². The Kier molecular flexibility index (Phi) is 9.07. The fourth-order valence-corrected chi connectivity index (χ4v) is 2.50. The van der Waals surface area contributed by atoms with Crippen molar-refractivity contribution in [1.82, 2.24) is 10.3 Å². The van der Waals surface area contributed by atoms with Gasteiger partial charge in [0.2, 0.25) is 0 Å². The maximum Gasteiger partial charge on any atom is 0.251 e. The first-order valence-corrected chi connectivity index (χ1v) is 8.49. The van der Waals surface area contributed by atoms with E-state index in [0.29, 0.717) is 10.7 Å². The number of hydrogen-bond donors (Lipinski definition) is 1. The topological polar surface area (TPSA) is 42.0 Å². The smallest absolute Gasteiger partial charge is 0.251 e. The van der Waals surface area contributed by atoms with Gasteiger partial charge in [-0.3, -0.25) is 4.79 Å². The minimum absolute atomic E-state index is 0.0507. The minimum Gasteiger partial charge on any atom is -0.352 e. The zero-order chi connectivity index (χ0) is 15.5. The van der Waals surface area contributed by atoms with Crippen molar-refractivity contribution in [2.75, 3.05) is 6.54 Å². The summed E-state index contributed by atoms with van der Waals surface area (Å²) in [7, 11) is 0. The second-order valence-corrected chi connectivity index (χ2v) is 5.83. The lowest BCUT2D eigenvalue weighted by Crippen LogP contribution is -2.24. The van der Waals surface area contributed by atoms with Crippen molar-refractivity contribution in [3.8, 4) is 0 Å². The summed E-state index contributed by atoms with van der Waals surface area (Å²) in [5, 5.41) is 3.36. The number of hydrogen-bond acceptors (Lipinski definition) is 2. The zero-order valence-corrected chi connectivity index (χ0v) is 14.0. The largest absolute Gasteiger partial charge is 0.352 e. The molecule has 1 heterocycles. The molecule has 0 unspecified atom stereocenters. The number of rotatable bonds is 10. The molecule has 1 aromatic heterocycles. The van der Waals surface area contributed by atoms with E-state index in [2.05, 4.69) is 24.1 Å². The van der Waals surface area contributed by atoms with Gasteiger partial charge in [-0.1, -0.05) is 64.0 Å². The third-order valence-corrected chi connectivity index (χ3v) is 3.62. The van der Waals surface area contributed by atoms with Gasteiger partial charge in [-0.05, 0) is 25.0 Å². The molecule has 1 N–H and O–H groups in total. The molecule has 0 aromatic carbocycles. The number of aromatic nitrogens is 1. The molecule has 0 aliphatic heterocycles. The van der Waals surface area contributed by atoms with E-state index < -0.39 is 0 Å². The molecular formula is C17H27ClN2O. The summed E-state index contributed by atoms with van der Waals surface area (Å²) in [6.07, 6.45) is 9.18. The van der Waals surface area contributed by atoms with Crippen LogP contribution < -0.4 is 5.32 Å². The fraction of sp³-hybridized carbons (Fsp3) is 0.647. The molecule has 0 atom stereocenters. The van der Waals surface area contributed by atoms with E-state index in [1.54, 1.807) is 6.07 Å². The highest BCUT2D eigenvalue weighted by Crippen LogP contribution is 2.12. The Labute approximate surface area is 133 Å². The van der Waals surface area contributed by atoms with E-state index in [4.69, 9.17) is 11.6 Å². The van der Waals surface area contributed by atoms with E-state index in [1.165, 1.54) is 32.1 Å². The molecule has 0 radical (unpaired) electrons. The normalized spacial score (nSPS) is 10.6. The molecule has 0 bridgehead atoms. The van der Waals surface area contributed by atoms with Crippen molar-refractivity contribution in [3.05, 3.63) is 28.5 Å². The molecule has 3 nitrogen and oxygen atoms in total. The molecule has 1 rings (SSSR count). The molecule has 1 aromatic rings. The Morgan fingerprint density at radius 2 is 1.81 bits per heavy atom. The SMILES string of the molecule is CCCCCCCCNC(=O)c1cc(Cl)nc(CCC)c1. The molecular weight excluding hydrogens is 284 g/mol. The van der Waals surface area contributed by atoms with Gasteiger partial charge in [-0.25, -0.2) is 4.98 Å². The van der Waals surface area contributed by atoms with Gasteiger partial charge in [-0.15, -0.1) is 0 Å². The van der Waals surface area contributed by atoms with E-state index in [-0.39, 0.29) is 5.91 Å².